The van der Waals surface area contributed by atoms with Crippen molar-refractivity contribution in [3.05, 3.63) is 53.3 Å². The van der Waals surface area contributed by atoms with Gasteiger partial charge in [0.1, 0.15) is 11.6 Å². The number of methoxy groups -OCH3 is 1. The zero-order chi connectivity index (χ0) is 16.7. The number of halogens is 1. The molecule has 0 saturated carbocycles. The Kier molecular flexibility index (Phi) is 3.58. The summed E-state index contributed by atoms with van der Waals surface area (Å²) in [6, 6.07) is 13.2. The van der Waals surface area contributed by atoms with Crippen LogP contribution in [0.25, 0.3) is 10.9 Å². The quantitative estimate of drug-likeness (QED) is 0.660. The predicted octanol–water partition coefficient (Wildman–Crippen LogP) is 4.02. The molecule has 5 nitrogen and oxygen atoms in total. The lowest BCUT2D eigenvalue weighted by Crippen LogP contribution is -2.29. The fraction of sp³-hybridized carbons (Fsp3) is 0.167. The molecule has 0 atom stereocenters. The average molecular weight is 340 g/mol. The summed E-state index contributed by atoms with van der Waals surface area (Å²) in [6.45, 7) is 0.551. The molecule has 0 spiro atoms. The van der Waals surface area contributed by atoms with Crippen LogP contribution in [0.15, 0.2) is 42.5 Å². The number of ketones is 1. The smallest absolute Gasteiger partial charge is 0.224 e. The number of ether oxygens (including phenoxy) is 1. The van der Waals surface area contributed by atoms with Gasteiger partial charge < -0.3 is 9.64 Å². The Hall–Kier alpha value is -2.66. The Labute approximate surface area is 143 Å². The van der Waals surface area contributed by atoms with Gasteiger partial charge >= 0.3 is 0 Å². The van der Waals surface area contributed by atoms with Crippen molar-refractivity contribution in [2.24, 2.45) is 0 Å². The molecule has 1 aliphatic rings. The molecule has 0 aliphatic carbocycles. The Morgan fingerprint density at radius 1 is 1.17 bits per heavy atom. The van der Waals surface area contributed by atoms with Crippen molar-refractivity contribution >= 4 is 39.8 Å². The van der Waals surface area contributed by atoms with E-state index in [9.17, 15) is 4.79 Å². The number of carbonyl (C=O) groups is 1. The van der Waals surface area contributed by atoms with Crippen LogP contribution >= 0.6 is 11.6 Å². The van der Waals surface area contributed by atoms with E-state index < -0.39 is 0 Å². The lowest BCUT2D eigenvalue weighted by atomic mass is 9.99. The van der Waals surface area contributed by atoms with E-state index in [0.29, 0.717) is 30.1 Å². The summed E-state index contributed by atoms with van der Waals surface area (Å²) in [5.41, 5.74) is 2.23. The van der Waals surface area contributed by atoms with E-state index in [1.54, 1.807) is 13.2 Å². The summed E-state index contributed by atoms with van der Waals surface area (Å²) >= 11 is 6.11. The number of hydrogen-bond donors (Lipinski definition) is 0. The minimum Gasteiger partial charge on any atom is -0.497 e. The lowest BCUT2D eigenvalue weighted by molar-refractivity contribution is 0.0981. The van der Waals surface area contributed by atoms with E-state index in [4.69, 9.17) is 16.3 Å². The van der Waals surface area contributed by atoms with Gasteiger partial charge in [-0.2, -0.15) is 4.98 Å². The van der Waals surface area contributed by atoms with Gasteiger partial charge in [0.25, 0.3) is 0 Å². The number of Topliss-reactive ketones (excluding diaryl/α,β-unsaturated/α-hetero) is 1. The number of aromatic nitrogens is 2. The summed E-state index contributed by atoms with van der Waals surface area (Å²) in [5.74, 6) is 1.48. The van der Waals surface area contributed by atoms with E-state index in [1.807, 2.05) is 41.3 Å². The monoisotopic (exact) mass is 339 g/mol. The summed E-state index contributed by atoms with van der Waals surface area (Å²) in [7, 11) is 1.59. The fourth-order valence-electron chi connectivity index (χ4n) is 3.03. The van der Waals surface area contributed by atoms with Crippen molar-refractivity contribution in [1.82, 2.24) is 9.97 Å². The van der Waals surface area contributed by atoms with E-state index in [2.05, 4.69) is 9.97 Å². The van der Waals surface area contributed by atoms with Crippen LogP contribution < -0.4 is 9.64 Å². The summed E-state index contributed by atoms with van der Waals surface area (Å²) in [6.07, 6.45) is 0.413. The average Bonchev–Trinajstić information content (AvgIpc) is 2.61. The lowest BCUT2D eigenvalue weighted by Gasteiger charge is -2.30. The summed E-state index contributed by atoms with van der Waals surface area (Å²) in [4.78, 5) is 23.0. The van der Waals surface area contributed by atoms with Gasteiger partial charge in [0.2, 0.25) is 5.28 Å². The van der Waals surface area contributed by atoms with Crippen molar-refractivity contribution in [1.29, 1.82) is 0 Å². The first-order chi connectivity index (χ1) is 11.7. The topological polar surface area (TPSA) is 55.3 Å². The summed E-state index contributed by atoms with van der Waals surface area (Å²) < 4.78 is 5.24. The standard InChI is InChI=1S/C18H14ClN3O2/c1-24-11-6-7-15-13(10-11)16(23)8-9-22(15)17-12-4-2-3-5-14(12)20-18(19)21-17/h2-7,10H,8-9H2,1H3. The number of para-hydroxylation sites is 1. The van der Waals surface area contributed by atoms with Crippen LogP contribution in [0.4, 0.5) is 11.5 Å². The highest BCUT2D eigenvalue weighted by Gasteiger charge is 2.27. The van der Waals surface area contributed by atoms with Gasteiger partial charge in [-0.1, -0.05) is 12.1 Å². The number of benzene rings is 2. The first kappa shape index (κ1) is 14.9. The minimum atomic E-state index is 0.101. The van der Waals surface area contributed by atoms with Gasteiger partial charge in [-0.3, -0.25) is 4.79 Å². The van der Waals surface area contributed by atoms with Crippen molar-refractivity contribution in [3.8, 4) is 5.75 Å². The zero-order valence-corrected chi connectivity index (χ0v) is 13.7. The van der Waals surface area contributed by atoms with Crippen molar-refractivity contribution in [2.45, 2.75) is 6.42 Å². The molecule has 6 heteroatoms. The second-order valence-electron chi connectivity index (χ2n) is 5.54. The Balaban J connectivity index is 1.93. The normalized spacial score (nSPS) is 13.9. The molecule has 0 unspecified atom stereocenters. The van der Waals surface area contributed by atoms with Gasteiger partial charge in [0.05, 0.1) is 18.3 Å². The summed E-state index contributed by atoms with van der Waals surface area (Å²) in [5, 5.41) is 1.09. The molecule has 0 radical (unpaired) electrons. The van der Waals surface area contributed by atoms with E-state index in [1.165, 1.54) is 0 Å². The maximum atomic E-state index is 12.3. The van der Waals surface area contributed by atoms with Gasteiger partial charge in [-0.25, -0.2) is 4.98 Å². The molecule has 120 valence electrons. The minimum absolute atomic E-state index is 0.101. The highest BCUT2D eigenvalue weighted by atomic mass is 35.5. The third-order valence-electron chi connectivity index (χ3n) is 4.17. The van der Waals surface area contributed by atoms with Crippen molar-refractivity contribution < 1.29 is 9.53 Å². The molecular weight excluding hydrogens is 326 g/mol. The van der Waals surface area contributed by atoms with E-state index in [0.717, 1.165) is 16.6 Å². The van der Waals surface area contributed by atoms with Crippen LogP contribution in [0.2, 0.25) is 5.28 Å². The molecule has 0 bridgehead atoms. The molecular formula is C18H14ClN3O2. The van der Waals surface area contributed by atoms with Crippen LogP contribution in [0.5, 0.6) is 5.75 Å². The number of hydrogen-bond acceptors (Lipinski definition) is 5. The number of rotatable bonds is 2. The number of anilines is 2. The highest BCUT2D eigenvalue weighted by Crippen LogP contribution is 2.37. The van der Waals surface area contributed by atoms with Gasteiger partial charge in [-0.05, 0) is 41.9 Å². The number of carbonyl (C=O) groups excluding carboxylic acids is 1. The molecule has 3 aromatic rings. The fourth-order valence-corrected chi connectivity index (χ4v) is 3.20. The van der Waals surface area contributed by atoms with Crippen LogP contribution in [-0.2, 0) is 0 Å². The predicted molar refractivity (Wildman–Crippen MR) is 93.5 cm³/mol. The maximum Gasteiger partial charge on any atom is 0.224 e. The van der Waals surface area contributed by atoms with Crippen LogP contribution in [0.1, 0.15) is 16.8 Å². The molecule has 0 fully saturated rings. The molecule has 0 amide bonds. The Bertz CT molecular complexity index is 958. The third-order valence-corrected chi connectivity index (χ3v) is 4.34. The molecule has 4 rings (SSSR count). The molecule has 24 heavy (non-hydrogen) atoms. The SMILES string of the molecule is COc1ccc2c(c1)C(=O)CCN2c1nc(Cl)nc2ccccc12. The molecule has 0 N–H and O–H groups in total. The first-order valence-electron chi connectivity index (χ1n) is 7.58. The molecule has 1 aromatic heterocycles. The Morgan fingerprint density at radius 2 is 2.00 bits per heavy atom. The largest absolute Gasteiger partial charge is 0.497 e. The third kappa shape index (κ3) is 2.37. The van der Waals surface area contributed by atoms with Gasteiger partial charge in [0, 0.05) is 23.9 Å². The van der Waals surface area contributed by atoms with Gasteiger partial charge in [0.15, 0.2) is 5.78 Å². The van der Waals surface area contributed by atoms with E-state index in [-0.39, 0.29) is 11.1 Å². The van der Waals surface area contributed by atoms with Gasteiger partial charge in [-0.15, -0.1) is 0 Å². The Morgan fingerprint density at radius 3 is 2.83 bits per heavy atom. The highest BCUT2D eigenvalue weighted by molar-refractivity contribution is 6.29. The van der Waals surface area contributed by atoms with Crippen LogP contribution in [-0.4, -0.2) is 29.4 Å². The number of fused-ring (bicyclic) bond motifs is 2. The molecule has 2 heterocycles. The second kappa shape index (κ2) is 5.76. The number of nitrogens with zero attached hydrogens (tertiary/aromatic N) is 3. The zero-order valence-electron chi connectivity index (χ0n) is 13.0. The molecule has 1 aliphatic heterocycles. The maximum absolute atomic E-state index is 12.3. The molecule has 2 aromatic carbocycles. The van der Waals surface area contributed by atoms with Crippen molar-refractivity contribution in [2.75, 3.05) is 18.6 Å². The second-order valence-corrected chi connectivity index (χ2v) is 5.88. The van der Waals surface area contributed by atoms with E-state index >= 15 is 0 Å². The van der Waals surface area contributed by atoms with Crippen LogP contribution in [0.3, 0.4) is 0 Å². The first-order valence-corrected chi connectivity index (χ1v) is 7.96. The van der Waals surface area contributed by atoms with Crippen LogP contribution in [0, 0.1) is 0 Å². The molecule has 0 saturated heterocycles. The van der Waals surface area contributed by atoms with Crippen molar-refractivity contribution in [3.63, 3.8) is 0 Å².